The predicted octanol–water partition coefficient (Wildman–Crippen LogP) is 0.600. The number of anilines is 1. The van der Waals surface area contributed by atoms with Gasteiger partial charge in [-0.15, -0.1) is 0 Å². The van der Waals surface area contributed by atoms with Crippen LogP contribution >= 0.6 is 11.8 Å². The Morgan fingerprint density at radius 1 is 1.38 bits per heavy atom. The van der Waals surface area contributed by atoms with Gasteiger partial charge in [-0.05, 0) is 24.3 Å². The van der Waals surface area contributed by atoms with Gasteiger partial charge in [-0.1, -0.05) is 11.8 Å². The molecule has 4 N–H and O–H groups in total. The van der Waals surface area contributed by atoms with Crippen LogP contribution in [0, 0.1) is 0 Å². The van der Waals surface area contributed by atoms with Gasteiger partial charge < -0.3 is 25.5 Å². The lowest BCUT2D eigenvalue weighted by molar-refractivity contribution is -0.118. The van der Waals surface area contributed by atoms with Crippen molar-refractivity contribution in [2.45, 2.75) is 18.3 Å². The number of hydrogen-bond donors (Lipinski definition) is 3. The number of carbonyl (C=O) groups is 2. The van der Waals surface area contributed by atoms with E-state index in [1.54, 1.807) is 31.4 Å². The van der Waals surface area contributed by atoms with Crippen LogP contribution in [0.3, 0.4) is 0 Å². The zero-order chi connectivity index (χ0) is 17.5. The number of hydrogen-bond acceptors (Lipinski definition) is 6. The molecular formula is C15H18N4O4S. The van der Waals surface area contributed by atoms with E-state index in [2.05, 4.69) is 10.3 Å². The normalized spacial score (nSPS) is 10.4. The first-order valence-electron chi connectivity index (χ1n) is 7.03. The number of methoxy groups -OCH3 is 1. The summed E-state index contributed by atoms with van der Waals surface area (Å²) in [6.45, 7) is -0.364. The molecule has 128 valence electrons. The fourth-order valence-corrected chi connectivity index (χ4v) is 2.76. The van der Waals surface area contributed by atoms with E-state index in [9.17, 15) is 14.7 Å². The van der Waals surface area contributed by atoms with Crippen molar-refractivity contribution in [1.82, 2.24) is 9.55 Å². The molecule has 0 saturated carbocycles. The molecule has 0 spiro atoms. The van der Waals surface area contributed by atoms with Crippen molar-refractivity contribution in [3.63, 3.8) is 0 Å². The number of aromatic nitrogens is 2. The molecule has 0 atom stereocenters. The van der Waals surface area contributed by atoms with E-state index < -0.39 is 5.91 Å². The topological polar surface area (TPSA) is 119 Å². The highest BCUT2D eigenvalue weighted by atomic mass is 32.2. The van der Waals surface area contributed by atoms with Crippen molar-refractivity contribution in [2.24, 2.45) is 5.73 Å². The molecule has 0 fully saturated rings. The lowest BCUT2D eigenvalue weighted by Gasteiger charge is -2.09. The Morgan fingerprint density at radius 2 is 2.08 bits per heavy atom. The van der Waals surface area contributed by atoms with E-state index in [0.29, 0.717) is 22.3 Å². The van der Waals surface area contributed by atoms with Crippen LogP contribution in [0.4, 0.5) is 5.69 Å². The quantitative estimate of drug-likeness (QED) is 0.600. The second-order valence-corrected chi connectivity index (χ2v) is 5.75. The summed E-state index contributed by atoms with van der Waals surface area (Å²) in [6, 6.07) is 6.96. The third-order valence-electron chi connectivity index (χ3n) is 3.08. The van der Waals surface area contributed by atoms with Crippen molar-refractivity contribution in [2.75, 3.05) is 18.2 Å². The van der Waals surface area contributed by atoms with Crippen molar-refractivity contribution in [3.8, 4) is 5.75 Å². The average molecular weight is 350 g/mol. The maximum Gasteiger partial charge on any atom is 0.237 e. The van der Waals surface area contributed by atoms with Crippen LogP contribution in [0.15, 0.2) is 35.6 Å². The molecule has 24 heavy (non-hydrogen) atoms. The maximum absolute atomic E-state index is 12.0. The van der Waals surface area contributed by atoms with Crippen LogP contribution in [0.5, 0.6) is 5.75 Å². The van der Waals surface area contributed by atoms with Crippen molar-refractivity contribution >= 4 is 29.3 Å². The smallest absolute Gasteiger partial charge is 0.237 e. The zero-order valence-electron chi connectivity index (χ0n) is 13.1. The Bertz CT molecular complexity index is 715. The average Bonchev–Trinajstić information content (AvgIpc) is 2.95. The van der Waals surface area contributed by atoms with Gasteiger partial charge >= 0.3 is 0 Å². The van der Waals surface area contributed by atoms with Gasteiger partial charge in [-0.25, -0.2) is 4.98 Å². The molecule has 0 unspecified atom stereocenters. The maximum atomic E-state index is 12.0. The van der Waals surface area contributed by atoms with Gasteiger partial charge in [0.25, 0.3) is 0 Å². The zero-order valence-corrected chi connectivity index (χ0v) is 13.9. The highest BCUT2D eigenvalue weighted by molar-refractivity contribution is 7.99. The summed E-state index contributed by atoms with van der Waals surface area (Å²) in [7, 11) is 1.57. The minimum absolute atomic E-state index is 0.0989. The van der Waals surface area contributed by atoms with E-state index in [-0.39, 0.29) is 24.8 Å². The Kier molecular flexibility index (Phi) is 6.21. The van der Waals surface area contributed by atoms with Gasteiger partial charge in [0.05, 0.1) is 31.4 Å². The van der Waals surface area contributed by atoms with Gasteiger partial charge in [0.1, 0.15) is 12.3 Å². The number of thioether (sulfide) groups is 1. The molecule has 0 aliphatic heterocycles. The second-order valence-electron chi connectivity index (χ2n) is 4.81. The molecule has 8 nitrogen and oxygen atoms in total. The number of aliphatic hydroxyl groups excluding tert-OH is 1. The van der Waals surface area contributed by atoms with Gasteiger partial charge in [0.15, 0.2) is 5.16 Å². The molecule has 0 bridgehead atoms. The first-order valence-corrected chi connectivity index (χ1v) is 8.02. The lowest BCUT2D eigenvalue weighted by atomic mass is 10.3. The van der Waals surface area contributed by atoms with Crippen LogP contribution in [0.2, 0.25) is 0 Å². The van der Waals surface area contributed by atoms with E-state index in [1.807, 2.05) is 0 Å². The number of rotatable bonds is 8. The molecule has 0 aliphatic carbocycles. The predicted molar refractivity (Wildman–Crippen MR) is 89.7 cm³/mol. The summed E-state index contributed by atoms with van der Waals surface area (Å²) in [5.41, 5.74) is 6.31. The molecule has 1 aromatic carbocycles. The number of nitrogens with zero attached hydrogens (tertiary/aromatic N) is 2. The Labute approximate surface area is 143 Å². The number of nitrogens with two attached hydrogens (primary N) is 1. The monoisotopic (exact) mass is 350 g/mol. The number of ether oxygens (including phenoxy) is 1. The summed E-state index contributed by atoms with van der Waals surface area (Å²) < 4.78 is 6.54. The summed E-state index contributed by atoms with van der Waals surface area (Å²) in [5, 5.41) is 12.4. The van der Waals surface area contributed by atoms with Crippen molar-refractivity contribution < 1.29 is 19.4 Å². The molecule has 1 heterocycles. The molecular weight excluding hydrogens is 332 g/mol. The highest BCUT2D eigenvalue weighted by Crippen LogP contribution is 2.20. The standard InChI is InChI=1S/C15H18N4O4S/c1-23-12-4-2-10(3-5-12)18-14(22)9-24-15-17-6-11(8-20)19(15)7-13(16)21/h2-6,20H,7-9H2,1H3,(H2,16,21)(H,18,22). The third-order valence-corrected chi connectivity index (χ3v) is 4.07. The van der Waals surface area contributed by atoms with E-state index >= 15 is 0 Å². The number of amides is 2. The number of aliphatic hydroxyl groups is 1. The third kappa shape index (κ3) is 4.74. The molecule has 0 saturated heterocycles. The lowest BCUT2D eigenvalue weighted by Crippen LogP contribution is -2.21. The molecule has 0 radical (unpaired) electrons. The minimum atomic E-state index is -0.549. The Morgan fingerprint density at radius 3 is 2.67 bits per heavy atom. The van der Waals surface area contributed by atoms with Gasteiger partial charge in [-0.3, -0.25) is 9.59 Å². The molecule has 0 aliphatic rings. The first-order chi connectivity index (χ1) is 11.5. The van der Waals surface area contributed by atoms with Crippen LogP contribution in [-0.4, -0.2) is 39.3 Å². The number of benzene rings is 1. The van der Waals surface area contributed by atoms with Gasteiger partial charge in [-0.2, -0.15) is 0 Å². The van der Waals surface area contributed by atoms with Crippen LogP contribution in [0.25, 0.3) is 0 Å². The van der Waals surface area contributed by atoms with E-state index in [1.165, 1.54) is 10.8 Å². The number of nitrogens with one attached hydrogen (secondary N) is 1. The van der Waals surface area contributed by atoms with Gasteiger partial charge in [0, 0.05) is 5.69 Å². The fraction of sp³-hybridized carbons (Fsp3) is 0.267. The number of primary amides is 1. The van der Waals surface area contributed by atoms with Crippen LogP contribution in [-0.2, 0) is 22.7 Å². The van der Waals surface area contributed by atoms with E-state index in [4.69, 9.17) is 10.5 Å². The Hall–Kier alpha value is -2.52. The molecule has 2 aromatic rings. The largest absolute Gasteiger partial charge is 0.497 e. The van der Waals surface area contributed by atoms with Crippen LogP contribution in [0.1, 0.15) is 5.69 Å². The second kappa shape index (κ2) is 8.37. The number of carbonyl (C=O) groups excluding carboxylic acids is 2. The minimum Gasteiger partial charge on any atom is -0.497 e. The Balaban J connectivity index is 1.95. The highest BCUT2D eigenvalue weighted by Gasteiger charge is 2.13. The number of imidazole rings is 1. The molecule has 9 heteroatoms. The van der Waals surface area contributed by atoms with Gasteiger partial charge in [0.2, 0.25) is 11.8 Å². The summed E-state index contributed by atoms with van der Waals surface area (Å²) in [5.74, 6) is 0.0381. The summed E-state index contributed by atoms with van der Waals surface area (Å²) in [6.07, 6.45) is 1.45. The molecule has 2 rings (SSSR count). The van der Waals surface area contributed by atoms with Crippen LogP contribution < -0.4 is 15.8 Å². The fourth-order valence-electron chi connectivity index (χ4n) is 1.96. The van der Waals surface area contributed by atoms with Crippen molar-refractivity contribution in [3.05, 3.63) is 36.2 Å². The SMILES string of the molecule is COc1ccc(NC(=O)CSc2ncc(CO)n2CC(N)=O)cc1. The summed E-state index contributed by atoms with van der Waals surface area (Å²) in [4.78, 5) is 27.2. The molecule has 1 aromatic heterocycles. The molecule has 2 amide bonds. The van der Waals surface area contributed by atoms with E-state index in [0.717, 1.165) is 11.8 Å². The first kappa shape index (κ1) is 17.8. The van der Waals surface area contributed by atoms with Crippen molar-refractivity contribution in [1.29, 1.82) is 0 Å². The summed E-state index contributed by atoms with van der Waals surface area (Å²) >= 11 is 1.16.